The first kappa shape index (κ1) is 14.2. The minimum atomic E-state index is -0.648. The van der Waals surface area contributed by atoms with E-state index in [2.05, 4.69) is 13.5 Å². The van der Waals surface area contributed by atoms with E-state index in [1.165, 1.54) is 6.42 Å². The number of hydrogen-bond acceptors (Lipinski definition) is 2. The normalized spacial score (nSPS) is 29.1. The Hall–Kier alpha value is -0.830. The summed E-state index contributed by atoms with van der Waals surface area (Å²) in [5, 5.41) is 0. The molecule has 1 aliphatic carbocycles. The number of nitrogens with zero attached hydrogens (tertiary/aromatic N) is 1. The Bertz CT molecular complexity index is 288. The molecule has 3 heteroatoms. The SMILES string of the molecule is C=CCN(C(=O)C1(N)CCCC(C)C1)C(C)C. The summed E-state index contributed by atoms with van der Waals surface area (Å²) in [7, 11) is 0. The Labute approximate surface area is 105 Å². The highest BCUT2D eigenvalue weighted by atomic mass is 16.2. The van der Waals surface area contributed by atoms with Crippen LogP contribution in [0.2, 0.25) is 0 Å². The van der Waals surface area contributed by atoms with Gasteiger partial charge in [0.2, 0.25) is 5.91 Å². The first-order valence-corrected chi connectivity index (χ1v) is 6.61. The fraction of sp³-hybridized carbons (Fsp3) is 0.786. The molecule has 1 rings (SSSR count). The molecule has 1 fully saturated rings. The third-order valence-electron chi connectivity index (χ3n) is 3.67. The van der Waals surface area contributed by atoms with E-state index in [0.29, 0.717) is 12.5 Å². The first-order valence-electron chi connectivity index (χ1n) is 6.61. The second-order valence-corrected chi connectivity index (χ2v) is 5.70. The molecular weight excluding hydrogens is 212 g/mol. The average Bonchev–Trinajstić information content (AvgIpc) is 2.24. The fourth-order valence-corrected chi connectivity index (χ4v) is 2.74. The van der Waals surface area contributed by atoms with Crippen molar-refractivity contribution in [1.82, 2.24) is 4.90 Å². The van der Waals surface area contributed by atoms with Crippen LogP contribution in [0.25, 0.3) is 0 Å². The van der Waals surface area contributed by atoms with Crippen molar-refractivity contribution >= 4 is 5.91 Å². The molecule has 0 aromatic rings. The highest BCUT2D eigenvalue weighted by Gasteiger charge is 2.40. The van der Waals surface area contributed by atoms with Crippen molar-refractivity contribution in [2.45, 2.75) is 58.0 Å². The second-order valence-electron chi connectivity index (χ2n) is 5.70. The van der Waals surface area contributed by atoms with Crippen LogP contribution < -0.4 is 5.73 Å². The lowest BCUT2D eigenvalue weighted by atomic mass is 9.76. The van der Waals surface area contributed by atoms with Gasteiger partial charge in [0.15, 0.2) is 0 Å². The highest BCUT2D eigenvalue weighted by Crippen LogP contribution is 2.32. The zero-order valence-corrected chi connectivity index (χ0v) is 11.4. The van der Waals surface area contributed by atoms with Crippen LogP contribution in [-0.4, -0.2) is 28.9 Å². The third kappa shape index (κ3) is 3.32. The van der Waals surface area contributed by atoms with E-state index in [1.807, 2.05) is 18.7 Å². The van der Waals surface area contributed by atoms with Gasteiger partial charge in [-0.25, -0.2) is 0 Å². The number of nitrogens with two attached hydrogens (primary N) is 1. The molecular formula is C14H26N2O. The Balaban J connectivity index is 2.81. The maximum Gasteiger partial charge on any atom is 0.243 e. The van der Waals surface area contributed by atoms with Crippen LogP contribution in [-0.2, 0) is 4.79 Å². The van der Waals surface area contributed by atoms with Gasteiger partial charge in [0.1, 0.15) is 0 Å². The van der Waals surface area contributed by atoms with Crippen molar-refractivity contribution in [3.05, 3.63) is 12.7 Å². The second kappa shape index (κ2) is 5.67. The van der Waals surface area contributed by atoms with Crippen molar-refractivity contribution in [1.29, 1.82) is 0 Å². The van der Waals surface area contributed by atoms with E-state index in [4.69, 9.17) is 5.73 Å². The lowest BCUT2D eigenvalue weighted by molar-refractivity contribution is -0.140. The summed E-state index contributed by atoms with van der Waals surface area (Å²) >= 11 is 0. The fourth-order valence-electron chi connectivity index (χ4n) is 2.74. The molecule has 3 nitrogen and oxygen atoms in total. The van der Waals surface area contributed by atoms with Gasteiger partial charge in [-0.2, -0.15) is 0 Å². The van der Waals surface area contributed by atoms with E-state index in [-0.39, 0.29) is 11.9 Å². The van der Waals surface area contributed by atoms with Gasteiger partial charge in [0, 0.05) is 12.6 Å². The summed E-state index contributed by atoms with van der Waals surface area (Å²) in [6.07, 6.45) is 5.65. The quantitative estimate of drug-likeness (QED) is 0.764. The van der Waals surface area contributed by atoms with Gasteiger partial charge >= 0.3 is 0 Å². The van der Waals surface area contributed by atoms with Gasteiger partial charge in [-0.3, -0.25) is 4.79 Å². The molecule has 2 atom stereocenters. The minimum Gasteiger partial charge on any atom is -0.335 e. The summed E-state index contributed by atoms with van der Waals surface area (Å²) in [6.45, 7) is 10.5. The molecule has 1 saturated carbocycles. The Morgan fingerprint density at radius 3 is 2.76 bits per heavy atom. The molecule has 2 unspecified atom stereocenters. The minimum absolute atomic E-state index is 0.0963. The number of carbonyl (C=O) groups excluding carboxylic acids is 1. The average molecular weight is 238 g/mol. The molecule has 0 saturated heterocycles. The maximum atomic E-state index is 12.6. The van der Waals surface area contributed by atoms with E-state index < -0.39 is 5.54 Å². The van der Waals surface area contributed by atoms with Gasteiger partial charge in [-0.05, 0) is 32.6 Å². The van der Waals surface area contributed by atoms with Crippen LogP contribution in [0.3, 0.4) is 0 Å². The summed E-state index contributed by atoms with van der Waals surface area (Å²) in [5.74, 6) is 0.648. The molecule has 1 aliphatic rings. The van der Waals surface area contributed by atoms with Crippen LogP contribution in [0.4, 0.5) is 0 Å². The van der Waals surface area contributed by atoms with Crippen LogP contribution in [0.1, 0.15) is 46.5 Å². The summed E-state index contributed by atoms with van der Waals surface area (Å²) in [5.41, 5.74) is 5.69. The Morgan fingerprint density at radius 1 is 1.65 bits per heavy atom. The van der Waals surface area contributed by atoms with Crippen molar-refractivity contribution in [3.8, 4) is 0 Å². The molecule has 0 aromatic heterocycles. The molecule has 98 valence electrons. The van der Waals surface area contributed by atoms with Gasteiger partial charge in [0.05, 0.1) is 5.54 Å². The summed E-state index contributed by atoms with van der Waals surface area (Å²) in [4.78, 5) is 14.4. The lowest BCUT2D eigenvalue weighted by Gasteiger charge is -2.40. The van der Waals surface area contributed by atoms with Crippen molar-refractivity contribution in [2.75, 3.05) is 6.54 Å². The Morgan fingerprint density at radius 2 is 2.29 bits per heavy atom. The van der Waals surface area contributed by atoms with Crippen molar-refractivity contribution < 1.29 is 4.79 Å². The van der Waals surface area contributed by atoms with Crippen LogP contribution in [0, 0.1) is 5.92 Å². The van der Waals surface area contributed by atoms with Gasteiger partial charge < -0.3 is 10.6 Å². The molecule has 17 heavy (non-hydrogen) atoms. The van der Waals surface area contributed by atoms with Gasteiger partial charge in [-0.1, -0.05) is 25.8 Å². The van der Waals surface area contributed by atoms with Crippen molar-refractivity contribution in [3.63, 3.8) is 0 Å². The van der Waals surface area contributed by atoms with E-state index >= 15 is 0 Å². The maximum absolute atomic E-state index is 12.6. The molecule has 0 heterocycles. The molecule has 1 amide bonds. The van der Waals surface area contributed by atoms with Gasteiger partial charge in [-0.15, -0.1) is 6.58 Å². The molecule has 0 bridgehead atoms. The monoisotopic (exact) mass is 238 g/mol. The summed E-state index contributed by atoms with van der Waals surface area (Å²) in [6, 6.07) is 0.179. The largest absolute Gasteiger partial charge is 0.335 e. The number of rotatable bonds is 4. The first-order chi connectivity index (χ1) is 7.90. The van der Waals surface area contributed by atoms with Crippen LogP contribution >= 0.6 is 0 Å². The van der Waals surface area contributed by atoms with E-state index in [1.54, 1.807) is 6.08 Å². The molecule has 2 N–H and O–H groups in total. The number of amides is 1. The third-order valence-corrected chi connectivity index (χ3v) is 3.67. The smallest absolute Gasteiger partial charge is 0.243 e. The molecule has 0 aromatic carbocycles. The Kier molecular flexibility index (Phi) is 4.75. The zero-order valence-electron chi connectivity index (χ0n) is 11.4. The van der Waals surface area contributed by atoms with E-state index in [9.17, 15) is 4.79 Å². The predicted octanol–water partition coefficient (Wildman–Crippen LogP) is 2.32. The predicted molar refractivity (Wildman–Crippen MR) is 71.6 cm³/mol. The molecule has 0 radical (unpaired) electrons. The van der Waals surface area contributed by atoms with Gasteiger partial charge in [0.25, 0.3) is 0 Å². The lowest BCUT2D eigenvalue weighted by Crippen LogP contribution is -2.58. The standard InChI is InChI=1S/C14H26N2O/c1-5-9-16(11(2)3)13(17)14(15)8-6-7-12(4)10-14/h5,11-12H,1,6-10,15H2,2-4H3. The topological polar surface area (TPSA) is 46.3 Å². The number of carbonyl (C=O) groups is 1. The van der Waals surface area contributed by atoms with Crippen LogP contribution in [0.15, 0.2) is 12.7 Å². The van der Waals surface area contributed by atoms with E-state index in [0.717, 1.165) is 19.3 Å². The number of hydrogen-bond donors (Lipinski definition) is 1. The van der Waals surface area contributed by atoms with Crippen LogP contribution in [0.5, 0.6) is 0 Å². The zero-order chi connectivity index (χ0) is 13.1. The highest BCUT2D eigenvalue weighted by molar-refractivity contribution is 5.86. The molecule has 0 spiro atoms. The molecule has 0 aliphatic heterocycles. The summed E-state index contributed by atoms with van der Waals surface area (Å²) < 4.78 is 0. The van der Waals surface area contributed by atoms with Crippen molar-refractivity contribution in [2.24, 2.45) is 11.7 Å².